The predicted octanol–water partition coefficient (Wildman–Crippen LogP) is 2.66. The van der Waals surface area contributed by atoms with Gasteiger partial charge >= 0.3 is 0 Å². The zero-order valence-electron chi connectivity index (χ0n) is 16.2. The second-order valence-electron chi connectivity index (χ2n) is 7.36. The molecule has 0 saturated carbocycles. The first-order valence-corrected chi connectivity index (χ1v) is 9.60. The summed E-state index contributed by atoms with van der Waals surface area (Å²) in [5, 5.41) is 2.97. The van der Waals surface area contributed by atoms with Crippen molar-refractivity contribution in [1.82, 2.24) is 14.7 Å². The fourth-order valence-electron chi connectivity index (χ4n) is 3.71. The predicted molar refractivity (Wildman–Crippen MR) is 108 cm³/mol. The zero-order valence-corrected chi connectivity index (χ0v) is 16.2. The number of hydrogen-bond donors (Lipinski definition) is 1. The molecule has 144 valence electrons. The van der Waals surface area contributed by atoms with Crippen LogP contribution in [0.2, 0.25) is 0 Å². The van der Waals surface area contributed by atoms with E-state index in [1.807, 2.05) is 67.0 Å². The Hall–Kier alpha value is -3.15. The monoisotopic (exact) mass is 376 g/mol. The van der Waals surface area contributed by atoms with Crippen LogP contribution in [0.3, 0.4) is 0 Å². The van der Waals surface area contributed by atoms with Gasteiger partial charge in [0.25, 0.3) is 0 Å². The molecule has 0 spiro atoms. The first-order chi connectivity index (χ1) is 13.5. The van der Waals surface area contributed by atoms with E-state index in [0.717, 1.165) is 28.2 Å². The van der Waals surface area contributed by atoms with Crippen LogP contribution in [-0.2, 0) is 16.0 Å². The molecule has 6 nitrogen and oxygen atoms in total. The van der Waals surface area contributed by atoms with Crippen molar-refractivity contribution in [1.29, 1.82) is 0 Å². The summed E-state index contributed by atoms with van der Waals surface area (Å²) in [6, 6.07) is 11.8. The van der Waals surface area contributed by atoms with Gasteiger partial charge in [-0.3, -0.25) is 9.59 Å². The normalized spacial score (nSPS) is 16.7. The second kappa shape index (κ2) is 7.46. The van der Waals surface area contributed by atoms with Crippen LogP contribution >= 0.6 is 0 Å². The van der Waals surface area contributed by atoms with E-state index in [0.29, 0.717) is 19.5 Å². The minimum atomic E-state index is -0.312. The highest BCUT2D eigenvalue weighted by Crippen LogP contribution is 2.29. The van der Waals surface area contributed by atoms with E-state index in [9.17, 15) is 9.59 Å². The summed E-state index contributed by atoms with van der Waals surface area (Å²) >= 11 is 0. The third-order valence-corrected chi connectivity index (χ3v) is 5.46. The van der Waals surface area contributed by atoms with Gasteiger partial charge in [-0.2, -0.15) is 0 Å². The van der Waals surface area contributed by atoms with Crippen LogP contribution in [0.1, 0.15) is 23.2 Å². The second-order valence-corrected chi connectivity index (χ2v) is 7.36. The summed E-state index contributed by atoms with van der Waals surface area (Å²) < 4.78 is 1.97. The quantitative estimate of drug-likeness (QED) is 0.744. The third-order valence-electron chi connectivity index (χ3n) is 5.46. The lowest BCUT2D eigenvalue weighted by molar-refractivity contribution is -0.126. The molecule has 1 saturated heterocycles. The Balaban J connectivity index is 1.35. The van der Waals surface area contributed by atoms with Gasteiger partial charge in [-0.25, -0.2) is 4.98 Å². The SMILES string of the molecule is Cc1cccc(N2C[C@@H](C(=O)NCCc3cn4ccccc4n3)CC2=O)c1C. The molecule has 6 heteroatoms. The maximum Gasteiger partial charge on any atom is 0.227 e. The van der Waals surface area contributed by atoms with Gasteiger partial charge in [0, 0.05) is 44.0 Å². The number of nitrogens with one attached hydrogen (secondary N) is 1. The minimum absolute atomic E-state index is 0.00852. The number of pyridine rings is 1. The van der Waals surface area contributed by atoms with Crippen LogP contribution in [0.25, 0.3) is 5.65 Å². The highest BCUT2D eigenvalue weighted by atomic mass is 16.2. The zero-order chi connectivity index (χ0) is 19.7. The molecule has 0 aliphatic carbocycles. The lowest BCUT2D eigenvalue weighted by Crippen LogP contribution is -2.34. The van der Waals surface area contributed by atoms with Crippen LogP contribution in [0.5, 0.6) is 0 Å². The number of nitrogens with zero attached hydrogens (tertiary/aromatic N) is 3. The van der Waals surface area contributed by atoms with Gasteiger partial charge in [0.2, 0.25) is 11.8 Å². The number of anilines is 1. The van der Waals surface area contributed by atoms with Crippen LogP contribution in [0.4, 0.5) is 5.69 Å². The smallest absolute Gasteiger partial charge is 0.227 e. The lowest BCUT2D eigenvalue weighted by atomic mass is 10.1. The first kappa shape index (κ1) is 18.2. The molecule has 0 radical (unpaired) electrons. The summed E-state index contributed by atoms with van der Waals surface area (Å²) in [6.07, 6.45) is 4.85. The van der Waals surface area contributed by atoms with Gasteiger partial charge in [-0.05, 0) is 43.2 Å². The molecular weight excluding hydrogens is 352 g/mol. The molecule has 4 rings (SSSR count). The average Bonchev–Trinajstić information content (AvgIpc) is 3.27. The molecular formula is C22H24N4O2. The number of amides is 2. The lowest BCUT2D eigenvalue weighted by Gasteiger charge is -2.20. The molecule has 0 bridgehead atoms. The Morgan fingerprint density at radius 2 is 2.07 bits per heavy atom. The molecule has 0 unspecified atom stereocenters. The Kier molecular flexibility index (Phi) is 4.86. The summed E-state index contributed by atoms with van der Waals surface area (Å²) in [5.74, 6) is -0.368. The molecule has 1 atom stereocenters. The van der Waals surface area contributed by atoms with E-state index in [1.54, 1.807) is 4.90 Å². The number of aromatic nitrogens is 2. The largest absolute Gasteiger partial charge is 0.355 e. The fourth-order valence-corrected chi connectivity index (χ4v) is 3.71. The van der Waals surface area contributed by atoms with Crippen molar-refractivity contribution >= 4 is 23.1 Å². The molecule has 1 fully saturated rings. The highest BCUT2D eigenvalue weighted by molar-refractivity contribution is 6.00. The number of aryl methyl sites for hydroxylation is 1. The standard InChI is InChI=1S/C22H24N4O2/c1-15-6-5-7-19(16(15)2)26-13-17(12-21(26)27)22(28)23-10-9-18-14-25-11-4-3-8-20(25)24-18/h3-8,11,14,17H,9-10,12-13H2,1-2H3,(H,23,28)/t17-/m0/s1. The average molecular weight is 376 g/mol. The van der Waals surface area contributed by atoms with Crippen LogP contribution < -0.4 is 10.2 Å². The number of carbonyl (C=O) groups is 2. The number of fused-ring (bicyclic) bond motifs is 1. The van der Waals surface area contributed by atoms with Crippen LogP contribution in [0, 0.1) is 19.8 Å². The van der Waals surface area contributed by atoms with Crippen molar-refractivity contribution in [2.24, 2.45) is 5.92 Å². The van der Waals surface area contributed by atoms with Crippen molar-refractivity contribution in [2.75, 3.05) is 18.0 Å². The fraction of sp³-hybridized carbons (Fsp3) is 0.318. The van der Waals surface area contributed by atoms with E-state index >= 15 is 0 Å². The topological polar surface area (TPSA) is 66.7 Å². The number of carbonyl (C=O) groups excluding carboxylic acids is 2. The van der Waals surface area contributed by atoms with E-state index in [-0.39, 0.29) is 24.2 Å². The summed E-state index contributed by atoms with van der Waals surface area (Å²) in [6.45, 7) is 4.99. The summed E-state index contributed by atoms with van der Waals surface area (Å²) in [7, 11) is 0. The van der Waals surface area contributed by atoms with Crippen molar-refractivity contribution in [3.8, 4) is 0 Å². The van der Waals surface area contributed by atoms with E-state index in [1.165, 1.54) is 0 Å². The van der Waals surface area contributed by atoms with Crippen molar-refractivity contribution in [2.45, 2.75) is 26.7 Å². The van der Waals surface area contributed by atoms with E-state index in [2.05, 4.69) is 10.3 Å². The maximum atomic E-state index is 12.6. The molecule has 3 heterocycles. The minimum Gasteiger partial charge on any atom is -0.355 e. The molecule has 1 aliphatic rings. The Labute approximate surface area is 164 Å². The van der Waals surface area contributed by atoms with E-state index < -0.39 is 0 Å². The molecule has 2 aromatic heterocycles. The van der Waals surface area contributed by atoms with E-state index in [4.69, 9.17) is 0 Å². The van der Waals surface area contributed by atoms with Crippen LogP contribution in [0.15, 0.2) is 48.8 Å². The molecule has 1 aromatic carbocycles. The number of rotatable bonds is 5. The highest BCUT2D eigenvalue weighted by Gasteiger charge is 2.35. The Bertz CT molecular complexity index is 1010. The van der Waals surface area contributed by atoms with Gasteiger partial charge in [-0.15, -0.1) is 0 Å². The summed E-state index contributed by atoms with van der Waals surface area (Å²) in [4.78, 5) is 31.3. The van der Waals surface area contributed by atoms with Gasteiger partial charge in [0.15, 0.2) is 0 Å². The van der Waals surface area contributed by atoms with Crippen molar-refractivity contribution in [3.63, 3.8) is 0 Å². The summed E-state index contributed by atoms with van der Waals surface area (Å²) in [5.41, 5.74) is 4.97. The Morgan fingerprint density at radius 3 is 2.89 bits per heavy atom. The molecule has 2 amide bonds. The van der Waals surface area contributed by atoms with Crippen LogP contribution in [-0.4, -0.2) is 34.3 Å². The Morgan fingerprint density at radius 1 is 1.21 bits per heavy atom. The number of hydrogen-bond acceptors (Lipinski definition) is 3. The molecule has 1 aliphatic heterocycles. The third kappa shape index (κ3) is 3.50. The van der Waals surface area contributed by atoms with Gasteiger partial charge < -0.3 is 14.6 Å². The molecule has 1 N–H and O–H groups in total. The number of benzene rings is 1. The number of imidazole rings is 1. The van der Waals surface area contributed by atoms with Gasteiger partial charge in [-0.1, -0.05) is 18.2 Å². The van der Waals surface area contributed by atoms with Gasteiger partial charge in [0.1, 0.15) is 5.65 Å². The first-order valence-electron chi connectivity index (χ1n) is 9.60. The molecule has 3 aromatic rings. The van der Waals surface area contributed by atoms with Crippen molar-refractivity contribution in [3.05, 3.63) is 65.6 Å². The maximum absolute atomic E-state index is 12.6. The van der Waals surface area contributed by atoms with Gasteiger partial charge in [0.05, 0.1) is 11.6 Å². The molecule has 28 heavy (non-hydrogen) atoms. The van der Waals surface area contributed by atoms with Crippen molar-refractivity contribution < 1.29 is 9.59 Å².